The van der Waals surface area contributed by atoms with E-state index < -0.39 is 0 Å². The Hall–Kier alpha value is -3.26. The molecule has 0 unspecified atom stereocenters. The van der Waals surface area contributed by atoms with Crippen LogP contribution in [0.4, 0.5) is 11.5 Å². The standard InChI is InChI=1S/C24H29N5O3/c1-31-21-4-2-3-20(17-21)26-9-11-28(12-10-26)23(30)18-29-8-7-19-5-6-22(25-24(19)29)27-13-15-32-16-14-27/h2-8,17H,9-16,18H2,1H3. The highest BCUT2D eigenvalue weighted by atomic mass is 16.5. The van der Waals surface area contributed by atoms with Crippen molar-refractivity contribution in [2.24, 2.45) is 0 Å². The maximum absolute atomic E-state index is 13.1. The molecule has 0 N–H and O–H groups in total. The van der Waals surface area contributed by atoms with Gasteiger partial charge in [-0.3, -0.25) is 4.79 Å². The van der Waals surface area contributed by atoms with Crippen LogP contribution in [0, 0.1) is 0 Å². The number of hydrogen-bond acceptors (Lipinski definition) is 6. The van der Waals surface area contributed by atoms with Crippen LogP contribution in [0.25, 0.3) is 11.0 Å². The molecule has 1 aromatic carbocycles. The molecule has 0 atom stereocenters. The van der Waals surface area contributed by atoms with Gasteiger partial charge >= 0.3 is 0 Å². The third kappa shape index (κ3) is 4.23. The molecule has 0 bridgehead atoms. The minimum Gasteiger partial charge on any atom is -0.497 e. The molecule has 32 heavy (non-hydrogen) atoms. The highest BCUT2D eigenvalue weighted by Crippen LogP contribution is 2.23. The fraction of sp³-hybridized carbons (Fsp3) is 0.417. The number of amides is 1. The first-order valence-corrected chi connectivity index (χ1v) is 11.2. The number of pyridine rings is 1. The Balaban J connectivity index is 1.24. The van der Waals surface area contributed by atoms with Gasteiger partial charge in [-0.1, -0.05) is 6.07 Å². The van der Waals surface area contributed by atoms with Gasteiger partial charge in [0, 0.05) is 62.6 Å². The summed E-state index contributed by atoms with van der Waals surface area (Å²) in [6.45, 7) is 6.48. The highest BCUT2D eigenvalue weighted by molar-refractivity contribution is 5.82. The van der Waals surface area contributed by atoms with E-state index >= 15 is 0 Å². The Morgan fingerprint density at radius 1 is 1.00 bits per heavy atom. The van der Waals surface area contributed by atoms with Crippen molar-refractivity contribution < 1.29 is 14.3 Å². The summed E-state index contributed by atoms with van der Waals surface area (Å²) in [5.41, 5.74) is 1.99. The van der Waals surface area contributed by atoms with Gasteiger partial charge in [-0.2, -0.15) is 0 Å². The zero-order valence-electron chi connectivity index (χ0n) is 18.4. The lowest BCUT2D eigenvalue weighted by Crippen LogP contribution is -2.49. The molecule has 8 heteroatoms. The summed E-state index contributed by atoms with van der Waals surface area (Å²) in [6, 6.07) is 14.2. The van der Waals surface area contributed by atoms with E-state index in [0.717, 1.165) is 67.7 Å². The molecular weight excluding hydrogens is 406 g/mol. The second-order valence-electron chi connectivity index (χ2n) is 8.19. The number of rotatable bonds is 5. The normalized spacial score (nSPS) is 17.1. The molecule has 0 radical (unpaired) electrons. The number of hydrogen-bond donors (Lipinski definition) is 0. The minimum atomic E-state index is 0.131. The zero-order chi connectivity index (χ0) is 21.9. The number of morpholine rings is 1. The number of aromatic nitrogens is 2. The van der Waals surface area contributed by atoms with E-state index in [9.17, 15) is 4.79 Å². The zero-order valence-corrected chi connectivity index (χ0v) is 18.4. The molecule has 4 heterocycles. The summed E-state index contributed by atoms with van der Waals surface area (Å²) in [7, 11) is 1.68. The average molecular weight is 436 g/mol. The van der Waals surface area contributed by atoms with E-state index in [1.165, 1.54) is 0 Å². The Morgan fingerprint density at radius 2 is 1.81 bits per heavy atom. The maximum atomic E-state index is 13.1. The van der Waals surface area contributed by atoms with Gasteiger partial charge in [-0.15, -0.1) is 0 Å². The van der Waals surface area contributed by atoms with Gasteiger partial charge in [-0.25, -0.2) is 4.98 Å². The quantitative estimate of drug-likeness (QED) is 0.613. The lowest BCUT2D eigenvalue weighted by molar-refractivity contribution is -0.132. The molecule has 2 saturated heterocycles. The molecule has 5 rings (SSSR count). The predicted octanol–water partition coefficient (Wildman–Crippen LogP) is 2.23. The van der Waals surface area contributed by atoms with Crippen LogP contribution in [0.1, 0.15) is 0 Å². The molecule has 1 amide bonds. The van der Waals surface area contributed by atoms with Crippen molar-refractivity contribution in [2.75, 3.05) is 69.4 Å². The Labute approximate surface area is 187 Å². The molecule has 2 fully saturated rings. The fourth-order valence-corrected chi connectivity index (χ4v) is 4.41. The predicted molar refractivity (Wildman–Crippen MR) is 125 cm³/mol. The number of carbonyl (C=O) groups is 1. The van der Waals surface area contributed by atoms with Gasteiger partial charge < -0.3 is 28.7 Å². The summed E-state index contributed by atoms with van der Waals surface area (Å²) in [5.74, 6) is 1.93. The van der Waals surface area contributed by atoms with E-state index in [2.05, 4.69) is 28.0 Å². The Kier molecular flexibility index (Phi) is 5.85. The van der Waals surface area contributed by atoms with Crippen molar-refractivity contribution in [1.82, 2.24) is 14.5 Å². The molecular formula is C24H29N5O3. The van der Waals surface area contributed by atoms with E-state index in [-0.39, 0.29) is 5.91 Å². The number of fused-ring (bicyclic) bond motifs is 1. The van der Waals surface area contributed by atoms with Crippen molar-refractivity contribution >= 4 is 28.4 Å². The summed E-state index contributed by atoms with van der Waals surface area (Å²) in [4.78, 5) is 24.4. The monoisotopic (exact) mass is 435 g/mol. The molecule has 0 saturated carbocycles. The second-order valence-corrected chi connectivity index (χ2v) is 8.19. The third-order valence-corrected chi connectivity index (χ3v) is 6.29. The number of nitrogens with zero attached hydrogens (tertiary/aromatic N) is 5. The van der Waals surface area contributed by atoms with E-state index in [1.54, 1.807) is 7.11 Å². The van der Waals surface area contributed by atoms with Crippen molar-refractivity contribution in [3.63, 3.8) is 0 Å². The largest absolute Gasteiger partial charge is 0.497 e. The summed E-state index contributed by atoms with van der Waals surface area (Å²) >= 11 is 0. The number of anilines is 2. The Bertz CT molecular complexity index is 1080. The van der Waals surface area contributed by atoms with Gasteiger partial charge in [-0.05, 0) is 30.3 Å². The molecule has 168 valence electrons. The molecule has 0 spiro atoms. The number of ether oxygens (including phenoxy) is 2. The van der Waals surface area contributed by atoms with Gasteiger partial charge in [0.05, 0.1) is 20.3 Å². The van der Waals surface area contributed by atoms with Gasteiger partial charge in [0.15, 0.2) is 0 Å². The smallest absolute Gasteiger partial charge is 0.242 e. The number of piperazine rings is 1. The Morgan fingerprint density at radius 3 is 2.59 bits per heavy atom. The third-order valence-electron chi connectivity index (χ3n) is 6.29. The number of methoxy groups -OCH3 is 1. The fourth-order valence-electron chi connectivity index (χ4n) is 4.41. The number of carbonyl (C=O) groups excluding carboxylic acids is 1. The molecule has 2 aliphatic rings. The van der Waals surface area contributed by atoms with Crippen LogP contribution in [0.15, 0.2) is 48.7 Å². The van der Waals surface area contributed by atoms with Crippen molar-refractivity contribution in [1.29, 1.82) is 0 Å². The lowest BCUT2D eigenvalue weighted by atomic mass is 10.2. The van der Waals surface area contributed by atoms with Crippen molar-refractivity contribution in [3.8, 4) is 5.75 Å². The molecule has 2 aliphatic heterocycles. The lowest BCUT2D eigenvalue weighted by Gasteiger charge is -2.36. The van der Waals surface area contributed by atoms with Crippen LogP contribution in [-0.2, 0) is 16.1 Å². The highest BCUT2D eigenvalue weighted by Gasteiger charge is 2.22. The van der Waals surface area contributed by atoms with E-state index in [0.29, 0.717) is 19.6 Å². The van der Waals surface area contributed by atoms with E-state index in [4.69, 9.17) is 14.5 Å². The topological polar surface area (TPSA) is 63.1 Å². The van der Waals surface area contributed by atoms with Gasteiger partial charge in [0.1, 0.15) is 23.8 Å². The van der Waals surface area contributed by atoms with Crippen LogP contribution in [0.5, 0.6) is 5.75 Å². The average Bonchev–Trinajstić information content (AvgIpc) is 3.26. The molecule has 0 aliphatic carbocycles. The van der Waals surface area contributed by atoms with Crippen molar-refractivity contribution in [2.45, 2.75) is 6.54 Å². The first-order valence-electron chi connectivity index (χ1n) is 11.2. The van der Waals surface area contributed by atoms with Crippen LogP contribution < -0.4 is 14.5 Å². The van der Waals surface area contributed by atoms with Crippen LogP contribution in [0.3, 0.4) is 0 Å². The molecule has 8 nitrogen and oxygen atoms in total. The van der Waals surface area contributed by atoms with Gasteiger partial charge in [0.25, 0.3) is 0 Å². The van der Waals surface area contributed by atoms with Crippen LogP contribution in [0.2, 0.25) is 0 Å². The molecule has 3 aromatic rings. The maximum Gasteiger partial charge on any atom is 0.242 e. The minimum absolute atomic E-state index is 0.131. The first kappa shape index (κ1) is 20.6. The number of benzene rings is 1. The second kappa shape index (κ2) is 9.08. The van der Waals surface area contributed by atoms with E-state index in [1.807, 2.05) is 39.9 Å². The summed E-state index contributed by atoms with van der Waals surface area (Å²) in [6.07, 6.45) is 1.96. The summed E-state index contributed by atoms with van der Waals surface area (Å²) in [5, 5.41) is 1.05. The van der Waals surface area contributed by atoms with Crippen LogP contribution >= 0.6 is 0 Å². The van der Waals surface area contributed by atoms with Gasteiger partial charge in [0.2, 0.25) is 5.91 Å². The first-order chi connectivity index (χ1) is 15.7. The summed E-state index contributed by atoms with van der Waals surface area (Å²) < 4.78 is 12.8. The van der Waals surface area contributed by atoms with Crippen molar-refractivity contribution in [3.05, 3.63) is 48.7 Å². The SMILES string of the molecule is COc1cccc(N2CCN(C(=O)Cn3ccc4ccc(N5CCOCC5)nc43)CC2)c1. The van der Waals surface area contributed by atoms with Crippen LogP contribution in [-0.4, -0.2) is 80.0 Å². The molecule has 2 aromatic heterocycles.